The summed E-state index contributed by atoms with van der Waals surface area (Å²) < 4.78 is 3.27. The van der Waals surface area contributed by atoms with Crippen molar-refractivity contribution in [2.75, 3.05) is 38.5 Å². The third-order valence-corrected chi connectivity index (χ3v) is 11.3. The second-order valence-electron chi connectivity index (χ2n) is 13.3. The highest BCUT2D eigenvalue weighted by Crippen LogP contribution is 2.39. The predicted molar refractivity (Wildman–Crippen MR) is 191 cm³/mol. The zero-order valence-corrected chi connectivity index (χ0v) is 28.8. The third-order valence-electron chi connectivity index (χ3n) is 10.2. The average molecular weight is 680 g/mol. The van der Waals surface area contributed by atoms with Gasteiger partial charge in [-0.25, -0.2) is 4.98 Å². The van der Waals surface area contributed by atoms with Gasteiger partial charge in [0.2, 0.25) is 5.91 Å². The number of benzene rings is 1. The van der Waals surface area contributed by atoms with Crippen LogP contribution in [0.3, 0.4) is 0 Å². The Labute approximate surface area is 288 Å². The summed E-state index contributed by atoms with van der Waals surface area (Å²) in [4.78, 5) is 55.5. The Balaban J connectivity index is 1.06. The SMILES string of the molecule is CNc1cc(C(=O)N2CC[C@@H](C(=O)N3CCC(O)(Cn4cnc5c(ccn5C)c4=O)CC3)[C@H](c3ccccc3)C2)sc1-c1ccc(C)nc1. The lowest BCUT2D eigenvalue weighted by atomic mass is 9.79. The van der Waals surface area contributed by atoms with E-state index in [-0.39, 0.29) is 35.8 Å². The van der Waals surface area contributed by atoms with Crippen LogP contribution in [0.15, 0.2) is 78.1 Å². The number of aryl methyl sites for hydroxylation is 2. The van der Waals surface area contributed by atoms with Crippen LogP contribution in [0.25, 0.3) is 21.5 Å². The van der Waals surface area contributed by atoms with Crippen LogP contribution in [0.4, 0.5) is 5.69 Å². The van der Waals surface area contributed by atoms with Gasteiger partial charge in [-0.2, -0.15) is 0 Å². The summed E-state index contributed by atoms with van der Waals surface area (Å²) >= 11 is 1.46. The van der Waals surface area contributed by atoms with Gasteiger partial charge in [0.15, 0.2) is 0 Å². The van der Waals surface area contributed by atoms with E-state index in [9.17, 15) is 19.5 Å². The molecule has 2 N–H and O–H groups in total. The molecule has 0 aliphatic carbocycles. The van der Waals surface area contributed by atoms with Crippen molar-refractivity contribution in [3.8, 4) is 10.4 Å². The van der Waals surface area contributed by atoms with Crippen LogP contribution in [-0.4, -0.2) is 84.7 Å². The molecule has 7 rings (SSSR count). The molecule has 5 aromatic rings. The Kier molecular flexibility index (Phi) is 8.84. The van der Waals surface area contributed by atoms with E-state index in [1.807, 2.05) is 85.5 Å². The number of piperidine rings is 2. The fraction of sp³-hybridized carbons (Fsp3) is 0.378. The zero-order valence-electron chi connectivity index (χ0n) is 28.0. The fourth-order valence-electron chi connectivity index (χ4n) is 7.27. The molecule has 2 atom stereocenters. The summed E-state index contributed by atoms with van der Waals surface area (Å²) in [7, 11) is 3.69. The van der Waals surface area contributed by atoms with Crippen molar-refractivity contribution in [3.63, 3.8) is 0 Å². The maximum atomic E-state index is 14.2. The predicted octanol–water partition coefficient (Wildman–Crippen LogP) is 4.51. The Morgan fingerprint density at radius 2 is 1.82 bits per heavy atom. The minimum absolute atomic E-state index is 0.0406. The van der Waals surface area contributed by atoms with Gasteiger partial charge in [0.1, 0.15) is 12.0 Å². The third kappa shape index (κ3) is 6.38. The number of aliphatic hydroxyl groups is 1. The van der Waals surface area contributed by atoms with E-state index in [2.05, 4.69) is 15.3 Å². The number of aromatic nitrogens is 4. The van der Waals surface area contributed by atoms with E-state index >= 15 is 0 Å². The van der Waals surface area contributed by atoms with Gasteiger partial charge in [-0.05, 0) is 49.9 Å². The second-order valence-corrected chi connectivity index (χ2v) is 14.4. The number of rotatable bonds is 7. The molecule has 0 spiro atoms. The number of nitrogens with zero attached hydrogens (tertiary/aromatic N) is 6. The van der Waals surface area contributed by atoms with Gasteiger partial charge in [-0.1, -0.05) is 36.4 Å². The van der Waals surface area contributed by atoms with Gasteiger partial charge in [-0.15, -0.1) is 11.3 Å². The summed E-state index contributed by atoms with van der Waals surface area (Å²) in [6, 6.07) is 17.6. The minimum atomic E-state index is -1.13. The lowest BCUT2D eigenvalue weighted by Gasteiger charge is -2.43. The Morgan fingerprint density at radius 1 is 1.04 bits per heavy atom. The molecule has 2 aliphatic heterocycles. The first-order chi connectivity index (χ1) is 23.6. The molecule has 2 aliphatic rings. The molecule has 254 valence electrons. The lowest BCUT2D eigenvalue weighted by molar-refractivity contribution is -0.142. The van der Waals surface area contributed by atoms with Crippen molar-refractivity contribution in [1.29, 1.82) is 0 Å². The van der Waals surface area contributed by atoms with E-state index in [0.29, 0.717) is 61.4 Å². The van der Waals surface area contributed by atoms with Gasteiger partial charge in [0.25, 0.3) is 11.5 Å². The number of hydrogen-bond donors (Lipinski definition) is 2. The first-order valence-electron chi connectivity index (χ1n) is 16.7. The van der Waals surface area contributed by atoms with Gasteiger partial charge in [-0.3, -0.25) is 23.9 Å². The summed E-state index contributed by atoms with van der Waals surface area (Å²) in [5.41, 5.74) is 3.11. The molecule has 49 heavy (non-hydrogen) atoms. The van der Waals surface area contributed by atoms with E-state index < -0.39 is 5.60 Å². The molecule has 0 bridgehead atoms. The molecule has 11 nitrogen and oxygen atoms in total. The number of amides is 2. The highest BCUT2D eigenvalue weighted by atomic mass is 32.1. The molecule has 2 fully saturated rings. The number of thiophene rings is 1. The van der Waals surface area contributed by atoms with E-state index in [1.54, 1.807) is 16.8 Å². The molecule has 4 aromatic heterocycles. The maximum absolute atomic E-state index is 14.2. The van der Waals surface area contributed by atoms with E-state index in [4.69, 9.17) is 0 Å². The fourth-order valence-corrected chi connectivity index (χ4v) is 8.39. The molecule has 1 aromatic carbocycles. The number of nitrogens with one attached hydrogen (secondary N) is 1. The van der Waals surface area contributed by atoms with E-state index in [0.717, 1.165) is 27.4 Å². The van der Waals surface area contributed by atoms with Gasteiger partial charge < -0.3 is 24.8 Å². The number of carbonyl (C=O) groups is 2. The summed E-state index contributed by atoms with van der Waals surface area (Å²) in [6.45, 7) is 3.77. The molecule has 0 radical (unpaired) electrons. The van der Waals surface area contributed by atoms with Gasteiger partial charge >= 0.3 is 0 Å². The van der Waals surface area contributed by atoms with Gasteiger partial charge in [0.05, 0.1) is 33.0 Å². The summed E-state index contributed by atoms with van der Waals surface area (Å²) in [5, 5.41) is 15.3. The molecule has 6 heterocycles. The molecule has 2 saturated heterocycles. The summed E-state index contributed by atoms with van der Waals surface area (Å²) in [5.74, 6) is -0.453. The van der Waals surface area contributed by atoms with Crippen LogP contribution < -0.4 is 10.9 Å². The molecule has 12 heteroatoms. The zero-order chi connectivity index (χ0) is 34.3. The largest absolute Gasteiger partial charge is 0.388 e. The number of fused-ring (bicyclic) bond motifs is 1. The molecule has 2 amide bonds. The molecule has 0 saturated carbocycles. The van der Waals surface area contributed by atoms with Crippen LogP contribution >= 0.6 is 11.3 Å². The average Bonchev–Trinajstić information content (AvgIpc) is 3.73. The van der Waals surface area contributed by atoms with Crippen LogP contribution in [-0.2, 0) is 18.4 Å². The number of carbonyl (C=O) groups excluding carboxylic acids is 2. The first kappa shape index (κ1) is 32.7. The number of anilines is 1. The molecular formula is C37H41N7O4S. The van der Waals surface area contributed by atoms with Gasteiger partial charge in [0, 0.05) is 75.8 Å². The highest BCUT2D eigenvalue weighted by molar-refractivity contribution is 7.18. The lowest BCUT2D eigenvalue weighted by Crippen LogP contribution is -2.53. The van der Waals surface area contributed by atoms with Crippen molar-refractivity contribution in [2.45, 2.75) is 44.2 Å². The standard InChI is InChI=1S/C37H41N7O4S/c1-24-9-10-26(20-39-24)32-30(38-2)19-31(49-32)36(47)43-16-12-27(29(21-43)25-7-5-4-6-8-25)34(45)42-17-13-37(48,14-18-42)22-44-23-40-33-28(35(44)46)11-15-41(33)3/h4-11,15,19-20,23,27,29,38,48H,12-14,16-18,21-22H2,1-3H3/t27-,29+/m1/s1. The quantitative estimate of drug-likeness (QED) is 0.259. The molecular weight excluding hydrogens is 639 g/mol. The van der Waals surface area contributed by atoms with Crippen molar-refractivity contribution < 1.29 is 14.7 Å². The minimum Gasteiger partial charge on any atom is -0.388 e. The monoisotopic (exact) mass is 679 g/mol. The Hall–Kier alpha value is -4.81. The number of likely N-dealkylation sites (tertiary alicyclic amines) is 2. The topological polar surface area (TPSA) is 126 Å². The Morgan fingerprint density at radius 3 is 2.53 bits per heavy atom. The van der Waals surface area contributed by atoms with Crippen LogP contribution in [0.5, 0.6) is 0 Å². The molecule has 0 unspecified atom stereocenters. The van der Waals surface area contributed by atoms with Crippen molar-refractivity contribution in [3.05, 3.63) is 99.8 Å². The van der Waals surface area contributed by atoms with Crippen molar-refractivity contribution >= 4 is 39.9 Å². The van der Waals surface area contributed by atoms with E-state index in [1.165, 1.54) is 22.2 Å². The number of hydrogen-bond acceptors (Lipinski definition) is 8. The normalized spacial score (nSPS) is 19.3. The number of pyridine rings is 1. The van der Waals surface area contributed by atoms with Crippen LogP contribution in [0, 0.1) is 12.8 Å². The first-order valence-corrected chi connectivity index (χ1v) is 17.6. The smallest absolute Gasteiger partial charge is 0.264 e. The van der Waals surface area contributed by atoms with Crippen LogP contribution in [0.2, 0.25) is 0 Å². The highest BCUT2D eigenvalue weighted by Gasteiger charge is 2.42. The Bertz CT molecular complexity index is 2040. The van der Waals surface area contributed by atoms with Crippen molar-refractivity contribution in [1.82, 2.24) is 28.9 Å². The second kappa shape index (κ2) is 13.2. The maximum Gasteiger partial charge on any atom is 0.264 e. The van der Waals surface area contributed by atoms with Crippen molar-refractivity contribution in [2.24, 2.45) is 13.0 Å². The van der Waals surface area contributed by atoms with Crippen LogP contribution in [0.1, 0.15) is 46.1 Å². The summed E-state index contributed by atoms with van der Waals surface area (Å²) in [6.07, 6.45) is 6.39.